The van der Waals surface area contributed by atoms with E-state index in [1.165, 1.54) is 0 Å². The monoisotopic (exact) mass is 345 g/mol. The highest BCUT2D eigenvalue weighted by molar-refractivity contribution is 7.72. The fourth-order valence-electron chi connectivity index (χ4n) is 1.43. The molecule has 0 aromatic heterocycles. The van der Waals surface area contributed by atoms with E-state index in [0.29, 0.717) is 6.42 Å². The van der Waals surface area contributed by atoms with Gasteiger partial charge in [-0.05, 0) is 19.8 Å². The average Bonchev–Trinajstić information content (AvgIpc) is 2.28. The van der Waals surface area contributed by atoms with Gasteiger partial charge in [0.25, 0.3) is 5.08 Å². The number of nitrogens with one attached hydrogen (secondary N) is 1. The van der Waals surface area contributed by atoms with Crippen molar-refractivity contribution in [2.45, 2.75) is 37.7 Å². The maximum atomic E-state index is 11.3. The lowest BCUT2D eigenvalue weighted by molar-refractivity contribution is -0.121. The highest BCUT2D eigenvalue weighted by Crippen LogP contribution is 2.69. The summed E-state index contributed by atoms with van der Waals surface area (Å²) < 4.78 is 22.1. The zero-order chi connectivity index (χ0) is 16.9. The number of allylic oxidation sites excluding steroid dienone is 1. The van der Waals surface area contributed by atoms with Crippen LogP contribution in [0.2, 0.25) is 0 Å². The van der Waals surface area contributed by atoms with E-state index in [0.717, 1.165) is 5.57 Å². The maximum Gasteiger partial charge on any atom is 0.369 e. The van der Waals surface area contributed by atoms with Gasteiger partial charge in [-0.2, -0.15) is 0 Å². The van der Waals surface area contributed by atoms with Gasteiger partial charge in [-0.15, -0.1) is 6.58 Å². The van der Waals surface area contributed by atoms with Crippen LogP contribution in [0.25, 0.3) is 0 Å². The van der Waals surface area contributed by atoms with Crippen LogP contribution in [0.15, 0.2) is 12.2 Å². The van der Waals surface area contributed by atoms with Gasteiger partial charge in [0, 0.05) is 19.4 Å². The van der Waals surface area contributed by atoms with Crippen molar-refractivity contribution in [2.75, 3.05) is 6.54 Å². The topological polar surface area (TPSA) is 164 Å². The first kappa shape index (κ1) is 20.5. The van der Waals surface area contributed by atoms with Crippen LogP contribution in [0.4, 0.5) is 0 Å². The van der Waals surface area contributed by atoms with Crippen molar-refractivity contribution < 1.29 is 38.6 Å². The van der Waals surface area contributed by atoms with E-state index < -0.39 is 26.7 Å². The Balaban J connectivity index is 4.43. The van der Waals surface area contributed by atoms with Gasteiger partial charge in [-0.25, -0.2) is 0 Å². The number of aliphatic hydroxyl groups is 1. The zero-order valence-electron chi connectivity index (χ0n) is 11.6. The van der Waals surface area contributed by atoms with Gasteiger partial charge < -0.3 is 30.0 Å². The molecule has 1 amide bonds. The molecule has 11 heteroatoms. The zero-order valence-corrected chi connectivity index (χ0v) is 13.4. The highest BCUT2D eigenvalue weighted by Gasteiger charge is 2.58. The lowest BCUT2D eigenvalue weighted by Gasteiger charge is -2.29. The Morgan fingerprint density at radius 1 is 1.14 bits per heavy atom. The predicted octanol–water partition coefficient (Wildman–Crippen LogP) is 0.241. The minimum absolute atomic E-state index is 0.0721. The van der Waals surface area contributed by atoms with Gasteiger partial charge in [-0.3, -0.25) is 13.9 Å². The summed E-state index contributed by atoms with van der Waals surface area (Å²) in [5.41, 5.74) is 0.822. The van der Waals surface area contributed by atoms with Gasteiger partial charge in [-0.1, -0.05) is 5.57 Å². The summed E-state index contributed by atoms with van der Waals surface area (Å²) in [5, 5.41) is 8.56. The van der Waals surface area contributed by atoms with Gasteiger partial charge in [0.05, 0.1) is 0 Å². The van der Waals surface area contributed by atoms with Crippen LogP contribution in [0.3, 0.4) is 0 Å². The molecule has 0 rings (SSSR count). The second-order valence-corrected chi connectivity index (χ2v) is 8.78. The molecule has 0 aliphatic rings. The molecular formula is C10H21NO8P2. The van der Waals surface area contributed by atoms with Crippen LogP contribution in [0.1, 0.15) is 32.6 Å². The Bertz CT molecular complexity index is 457. The summed E-state index contributed by atoms with van der Waals surface area (Å²) in [4.78, 5) is 46.9. The molecule has 21 heavy (non-hydrogen) atoms. The van der Waals surface area contributed by atoms with E-state index >= 15 is 0 Å². The molecule has 9 nitrogen and oxygen atoms in total. The smallest absolute Gasteiger partial charge is 0.368 e. The van der Waals surface area contributed by atoms with Crippen LogP contribution in [0, 0.1) is 0 Å². The van der Waals surface area contributed by atoms with E-state index in [1.807, 2.05) is 0 Å². The highest BCUT2D eigenvalue weighted by atomic mass is 31.2. The number of rotatable bonds is 9. The third kappa shape index (κ3) is 6.40. The van der Waals surface area contributed by atoms with Crippen molar-refractivity contribution in [3.63, 3.8) is 0 Å². The summed E-state index contributed by atoms with van der Waals surface area (Å²) in [6.07, 6.45) is -0.370. The molecule has 0 aliphatic carbocycles. The predicted molar refractivity (Wildman–Crippen MR) is 75.3 cm³/mol. The molecule has 124 valence electrons. The first-order valence-electron chi connectivity index (χ1n) is 6.06. The molecule has 0 spiro atoms. The summed E-state index contributed by atoms with van der Waals surface area (Å²) in [6, 6.07) is 0. The quantitative estimate of drug-likeness (QED) is 0.196. The molecule has 0 aromatic rings. The maximum absolute atomic E-state index is 11.3. The molecule has 0 atom stereocenters. The third-order valence-corrected chi connectivity index (χ3v) is 6.60. The van der Waals surface area contributed by atoms with Crippen molar-refractivity contribution in [3.8, 4) is 0 Å². The Hall–Kier alpha value is -0.530. The van der Waals surface area contributed by atoms with Crippen molar-refractivity contribution in [1.82, 2.24) is 5.32 Å². The van der Waals surface area contributed by atoms with Crippen LogP contribution in [-0.2, 0) is 13.9 Å². The molecule has 6 N–H and O–H groups in total. The van der Waals surface area contributed by atoms with Crippen LogP contribution < -0.4 is 5.32 Å². The summed E-state index contributed by atoms with van der Waals surface area (Å²) in [7, 11) is -10.9. The van der Waals surface area contributed by atoms with Crippen LogP contribution in [0.5, 0.6) is 0 Å². The molecule has 0 radical (unpaired) electrons. The van der Waals surface area contributed by atoms with E-state index in [1.54, 1.807) is 6.92 Å². The lowest BCUT2D eigenvalue weighted by atomic mass is 10.2. The first-order chi connectivity index (χ1) is 9.31. The van der Waals surface area contributed by atoms with E-state index in [-0.39, 0.29) is 25.3 Å². The van der Waals surface area contributed by atoms with Gasteiger partial charge in [0.2, 0.25) is 5.91 Å². The molecule has 0 heterocycles. The van der Waals surface area contributed by atoms with Gasteiger partial charge in [0.1, 0.15) is 0 Å². The Morgan fingerprint density at radius 2 is 1.62 bits per heavy atom. The number of carbonyl (C=O) groups excluding carboxylic acids is 1. The summed E-state index contributed by atoms with van der Waals surface area (Å²) in [6.45, 7) is 5.31. The molecular weight excluding hydrogens is 324 g/mol. The van der Waals surface area contributed by atoms with Crippen molar-refractivity contribution in [2.24, 2.45) is 0 Å². The normalized spacial score (nSPS) is 13.0. The second kappa shape index (κ2) is 7.65. The largest absolute Gasteiger partial charge is 0.369 e. The molecule has 0 aliphatic heterocycles. The number of hydrogen-bond donors (Lipinski definition) is 6. The van der Waals surface area contributed by atoms with Crippen LogP contribution >= 0.6 is 15.2 Å². The molecule has 0 saturated heterocycles. The SMILES string of the molecule is C=C(C)CCC(=O)NCCCC(O)(P(=O)(O)O)P(=O)(O)O. The first-order valence-corrected chi connectivity index (χ1v) is 9.28. The van der Waals surface area contributed by atoms with Crippen molar-refractivity contribution in [1.29, 1.82) is 0 Å². The molecule has 0 fully saturated rings. The molecule has 0 unspecified atom stereocenters. The van der Waals surface area contributed by atoms with E-state index in [2.05, 4.69) is 11.9 Å². The number of hydrogen-bond acceptors (Lipinski definition) is 4. The third-order valence-electron chi connectivity index (χ3n) is 2.72. The summed E-state index contributed by atoms with van der Waals surface area (Å²) >= 11 is 0. The van der Waals surface area contributed by atoms with Gasteiger partial charge in [0.15, 0.2) is 0 Å². The van der Waals surface area contributed by atoms with Crippen molar-refractivity contribution in [3.05, 3.63) is 12.2 Å². The Labute approximate surface area is 122 Å². The standard InChI is InChI=1S/C10H21NO8P2/c1-8(2)4-5-9(12)11-7-3-6-10(13,20(14,15)16)21(17,18)19/h13H,1,3-7H2,2H3,(H,11,12)(H2,14,15,16)(H2,17,18,19). The fraction of sp³-hybridized carbons (Fsp3) is 0.700. The average molecular weight is 345 g/mol. The molecule has 0 bridgehead atoms. The number of amides is 1. The van der Waals surface area contributed by atoms with E-state index in [4.69, 9.17) is 19.6 Å². The number of carbonyl (C=O) groups is 1. The molecule has 0 aromatic carbocycles. The second-order valence-electron chi connectivity index (χ2n) is 4.77. The minimum Gasteiger partial charge on any atom is -0.368 e. The molecule has 0 saturated carbocycles. The van der Waals surface area contributed by atoms with Crippen molar-refractivity contribution >= 4 is 21.1 Å². The minimum atomic E-state index is -5.43. The Kier molecular flexibility index (Phi) is 7.45. The summed E-state index contributed by atoms with van der Waals surface area (Å²) in [5.74, 6) is -0.325. The van der Waals surface area contributed by atoms with Crippen LogP contribution in [-0.4, -0.2) is 42.2 Å². The van der Waals surface area contributed by atoms with E-state index in [9.17, 15) is 19.0 Å². The lowest BCUT2D eigenvalue weighted by Crippen LogP contribution is -2.31. The fourth-order valence-corrected chi connectivity index (χ4v) is 3.69. The van der Waals surface area contributed by atoms with Gasteiger partial charge >= 0.3 is 15.2 Å². The Morgan fingerprint density at radius 3 is 2.00 bits per heavy atom.